The van der Waals surface area contributed by atoms with Crippen molar-refractivity contribution in [3.8, 4) is 11.5 Å². The smallest absolute Gasteiger partial charge is 0.255 e. The Bertz CT molecular complexity index is 933. The van der Waals surface area contributed by atoms with E-state index in [9.17, 15) is 4.79 Å². The number of para-hydroxylation sites is 3. The van der Waals surface area contributed by atoms with Crippen LogP contribution in [0, 0.1) is 6.92 Å². The molecule has 0 saturated heterocycles. The maximum absolute atomic E-state index is 12.5. The second kappa shape index (κ2) is 6.47. The van der Waals surface area contributed by atoms with Crippen molar-refractivity contribution < 1.29 is 14.3 Å². The third-order valence-electron chi connectivity index (χ3n) is 4.28. The predicted molar refractivity (Wildman–Crippen MR) is 94.2 cm³/mol. The van der Waals surface area contributed by atoms with E-state index in [1.165, 1.54) is 0 Å². The Balaban J connectivity index is 1.47. The second-order valence-corrected chi connectivity index (χ2v) is 5.89. The van der Waals surface area contributed by atoms with Crippen molar-refractivity contribution in [1.82, 2.24) is 14.9 Å². The quantitative estimate of drug-likeness (QED) is 0.795. The van der Waals surface area contributed by atoms with Crippen LogP contribution in [0.1, 0.15) is 16.2 Å². The number of nitrogens with one attached hydrogen (secondary N) is 1. The fourth-order valence-electron chi connectivity index (χ4n) is 3.11. The molecule has 0 spiro atoms. The van der Waals surface area contributed by atoms with Crippen LogP contribution in [0.25, 0.3) is 11.0 Å². The van der Waals surface area contributed by atoms with Gasteiger partial charge >= 0.3 is 0 Å². The first-order valence-electron chi connectivity index (χ1n) is 8.33. The number of nitrogens with zero attached hydrogens (tertiary/aromatic N) is 2. The third-order valence-corrected chi connectivity index (χ3v) is 4.28. The van der Waals surface area contributed by atoms with Gasteiger partial charge in [-0.1, -0.05) is 18.2 Å². The largest absolute Gasteiger partial charge is 0.486 e. The Morgan fingerprint density at radius 1 is 1.16 bits per heavy atom. The number of aromatic nitrogens is 2. The van der Waals surface area contributed by atoms with E-state index < -0.39 is 0 Å². The van der Waals surface area contributed by atoms with Crippen LogP contribution in [0.15, 0.2) is 42.5 Å². The zero-order chi connectivity index (χ0) is 17.2. The maximum Gasteiger partial charge on any atom is 0.255 e. The van der Waals surface area contributed by atoms with Gasteiger partial charge in [-0.3, -0.25) is 4.79 Å². The summed E-state index contributed by atoms with van der Waals surface area (Å²) in [5, 5.41) is 2.96. The molecule has 0 aliphatic carbocycles. The molecule has 1 aromatic heterocycles. The Morgan fingerprint density at radius 2 is 2.00 bits per heavy atom. The number of aryl methyl sites for hydroxylation is 1. The Labute approximate surface area is 145 Å². The molecule has 0 fully saturated rings. The average Bonchev–Trinajstić information content (AvgIpc) is 2.96. The summed E-state index contributed by atoms with van der Waals surface area (Å²) in [5.41, 5.74) is 2.54. The van der Waals surface area contributed by atoms with Gasteiger partial charge in [-0.15, -0.1) is 0 Å². The van der Waals surface area contributed by atoms with Gasteiger partial charge in [0, 0.05) is 13.1 Å². The lowest BCUT2D eigenvalue weighted by Crippen LogP contribution is -2.29. The van der Waals surface area contributed by atoms with E-state index >= 15 is 0 Å². The third kappa shape index (κ3) is 2.91. The molecule has 4 rings (SSSR count). The first-order valence-corrected chi connectivity index (χ1v) is 8.33. The van der Waals surface area contributed by atoms with Crippen LogP contribution in [0.2, 0.25) is 0 Å². The van der Waals surface area contributed by atoms with E-state index in [0.29, 0.717) is 43.4 Å². The van der Waals surface area contributed by atoms with E-state index in [-0.39, 0.29) is 5.91 Å². The lowest BCUT2D eigenvalue weighted by atomic mass is 10.1. The molecule has 1 aliphatic heterocycles. The maximum atomic E-state index is 12.5. The number of carbonyl (C=O) groups is 1. The number of imidazole rings is 1. The van der Waals surface area contributed by atoms with Crippen molar-refractivity contribution >= 4 is 16.9 Å². The molecule has 0 bridgehead atoms. The highest BCUT2D eigenvalue weighted by Crippen LogP contribution is 2.33. The molecular formula is C19H19N3O3. The fraction of sp³-hybridized carbons (Fsp3) is 0.263. The fourth-order valence-corrected chi connectivity index (χ4v) is 3.11. The van der Waals surface area contributed by atoms with Gasteiger partial charge in [-0.25, -0.2) is 4.98 Å². The van der Waals surface area contributed by atoms with E-state index in [0.717, 1.165) is 16.9 Å². The molecule has 0 radical (unpaired) electrons. The zero-order valence-corrected chi connectivity index (χ0v) is 14.0. The van der Waals surface area contributed by atoms with Crippen molar-refractivity contribution in [1.29, 1.82) is 0 Å². The van der Waals surface area contributed by atoms with Crippen LogP contribution in [0.5, 0.6) is 11.5 Å². The van der Waals surface area contributed by atoms with Crippen LogP contribution in [0.3, 0.4) is 0 Å². The highest BCUT2D eigenvalue weighted by atomic mass is 16.6. The van der Waals surface area contributed by atoms with Crippen LogP contribution in [-0.2, 0) is 6.54 Å². The summed E-state index contributed by atoms with van der Waals surface area (Å²) in [5.74, 6) is 1.92. The van der Waals surface area contributed by atoms with Gasteiger partial charge in [-0.05, 0) is 31.2 Å². The first-order chi connectivity index (χ1) is 12.2. The van der Waals surface area contributed by atoms with Gasteiger partial charge in [0.1, 0.15) is 19.0 Å². The summed E-state index contributed by atoms with van der Waals surface area (Å²) in [6.45, 7) is 4.10. The van der Waals surface area contributed by atoms with Gasteiger partial charge in [-0.2, -0.15) is 0 Å². The first kappa shape index (κ1) is 15.5. The summed E-state index contributed by atoms with van der Waals surface area (Å²) in [4.78, 5) is 17.1. The van der Waals surface area contributed by atoms with E-state index in [4.69, 9.17) is 9.47 Å². The van der Waals surface area contributed by atoms with Crippen molar-refractivity contribution in [2.45, 2.75) is 13.5 Å². The van der Waals surface area contributed by atoms with E-state index in [1.54, 1.807) is 12.1 Å². The van der Waals surface area contributed by atoms with E-state index in [1.807, 2.05) is 37.3 Å². The molecular weight excluding hydrogens is 318 g/mol. The van der Waals surface area contributed by atoms with Crippen molar-refractivity contribution in [3.05, 3.63) is 53.9 Å². The minimum atomic E-state index is -0.163. The van der Waals surface area contributed by atoms with Crippen LogP contribution in [0.4, 0.5) is 0 Å². The topological polar surface area (TPSA) is 65.4 Å². The lowest BCUT2D eigenvalue weighted by molar-refractivity contribution is 0.0941. The highest BCUT2D eigenvalue weighted by molar-refractivity contribution is 5.97. The summed E-state index contributed by atoms with van der Waals surface area (Å²) < 4.78 is 13.2. The highest BCUT2D eigenvalue weighted by Gasteiger charge is 2.20. The molecule has 0 atom stereocenters. The summed E-state index contributed by atoms with van der Waals surface area (Å²) >= 11 is 0. The predicted octanol–water partition coefficient (Wildman–Crippen LogP) is 2.55. The van der Waals surface area contributed by atoms with Crippen molar-refractivity contribution in [2.24, 2.45) is 0 Å². The van der Waals surface area contributed by atoms with Crippen LogP contribution in [-0.4, -0.2) is 35.2 Å². The SMILES string of the molecule is Cc1nc2ccccc2n1CCNC(=O)c1cccc2c1OCCO2. The Kier molecular flexibility index (Phi) is 4.01. The number of hydrogen-bond donors (Lipinski definition) is 1. The molecule has 6 heteroatoms. The zero-order valence-electron chi connectivity index (χ0n) is 14.0. The molecule has 1 N–H and O–H groups in total. The van der Waals surface area contributed by atoms with E-state index in [2.05, 4.69) is 14.9 Å². The minimum absolute atomic E-state index is 0.163. The molecule has 128 valence electrons. The molecule has 6 nitrogen and oxygen atoms in total. The Hall–Kier alpha value is -3.02. The van der Waals surface area contributed by atoms with Crippen molar-refractivity contribution in [3.63, 3.8) is 0 Å². The number of ether oxygens (including phenoxy) is 2. The van der Waals surface area contributed by atoms with Gasteiger partial charge in [0.2, 0.25) is 0 Å². The molecule has 0 saturated carbocycles. The summed E-state index contributed by atoms with van der Waals surface area (Å²) in [6, 6.07) is 13.4. The molecule has 1 amide bonds. The number of fused-ring (bicyclic) bond motifs is 2. The number of benzene rings is 2. The standard InChI is InChI=1S/C19H19N3O3/c1-13-21-15-6-2-3-7-16(15)22(13)10-9-20-19(23)14-5-4-8-17-18(14)25-12-11-24-17/h2-8H,9-12H2,1H3,(H,20,23). The molecule has 2 heterocycles. The van der Waals surface area contributed by atoms with Gasteiger partial charge in [0.25, 0.3) is 5.91 Å². The van der Waals surface area contributed by atoms with Crippen LogP contribution >= 0.6 is 0 Å². The summed E-state index contributed by atoms with van der Waals surface area (Å²) in [7, 11) is 0. The number of carbonyl (C=O) groups excluding carboxylic acids is 1. The molecule has 25 heavy (non-hydrogen) atoms. The second-order valence-electron chi connectivity index (χ2n) is 5.89. The van der Waals surface area contributed by atoms with Crippen LogP contribution < -0.4 is 14.8 Å². The Morgan fingerprint density at radius 3 is 2.92 bits per heavy atom. The minimum Gasteiger partial charge on any atom is -0.486 e. The molecule has 3 aromatic rings. The van der Waals surface area contributed by atoms with Gasteiger partial charge < -0.3 is 19.4 Å². The normalized spacial score (nSPS) is 13.0. The monoisotopic (exact) mass is 337 g/mol. The lowest BCUT2D eigenvalue weighted by Gasteiger charge is -2.20. The summed E-state index contributed by atoms with van der Waals surface area (Å²) in [6.07, 6.45) is 0. The number of amides is 1. The molecule has 2 aromatic carbocycles. The average molecular weight is 337 g/mol. The van der Waals surface area contributed by atoms with Crippen molar-refractivity contribution in [2.75, 3.05) is 19.8 Å². The number of rotatable bonds is 4. The molecule has 1 aliphatic rings. The van der Waals surface area contributed by atoms with Gasteiger partial charge in [0.05, 0.1) is 16.6 Å². The number of hydrogen-bond acceptors (Lipinski definition) is 4. The van der Waals surface area contributed by atoms with Gasteiger partial charge in [0.15, 0.2) is 11.5 Å². The molecule has 0 unspecified atom stereocenters.